The second kappa shape index (κ2) is 6.54. The molecular weight excluding hydrogens is 196 g/mol. The van der Waals surface area contributed by atoms with Crippen molar-refractivity contribution in [3.63, 3.8) is 0 Å². The van der Waals surface area contributed by atoms with E-state index in [9.17, 15) is 0 Å². The molecule has 1 aromatic rings. The van der Waals surface area contributed by atoms with Gasteiger partial charge in [-0.3, -0.25) is 0 Å². The van der Waals surface area contributed by atoms with Crippen LogP contribution in [0.1, 0.15) is 19.4 Å². The van der Waals surface area contributed by atoms with Gasteiger partial charge in [0.15, 0.2) is 0 Å². The zero-order valence-corrected chi connectivity index (χ0v) is 11.0. The first kappa shape index (κ1) is 13.0. The van der Waals surface area contributed by atoms with Gasteiger partial charge in [-0.2, -0.15) is 0 Å². The summed E-state index contributed by atoms with van der Waals surface area (Å²) in [5.41, 5.74) is 2.67. The van der Waals surface area contributed by atoms with Crippen LogP contribution in [0.25, 0.3) is 0 Å². The van der Waals surface area contributed by atoms with E-state index in [0.29, 0.717) is 5.92 Å². The van der Waals surface area contributed by atoms with Crippen LogP contribution in [0, 0.1) is 12.8 Å². The van der Waals surface area contributed by atoms with E-state index in [1.807, 2.05) is 7.05 Å². The highest BCUT2D eigenvalue weighted by Crippen LogP contribution is 2.16. The van der Waals surface area contributed by atoms with E-state index < -0.39 is 0 Å². The van der Waals surface area contributed by atoms with Crippen molar-refractivity contribution >= 4 is 5.69 Å². The quantitative estimate of drug-likeness (QED) is 0.793. The van der Waals surface area contributed by atoms with Gasteiger partial charge >= 0.3 is 0 Å². The molecule has 0 bridgehead atoms. The van der Waals surface area contributed by atoms with Gasteiger partial charge in [0.25, 0.3) is 0 Å². The number of anilines is 1. The summed E-state index contributed by atoms with van der Waals surface area (Å²) in [6.45, 7) is 9.90. The average Bonchev–Trinajstić information content (AvgIpc) is 2.26. The Hall–Kier alpha value is -1.02. The predicted molar refractivity (Wildman–Crippen MR) is 72.2 cm³/mol. The van der Waals surface area contributed by atoms with E-state index in [1.54, 1.807) is 0 Å². The zero-order chi connectivity index (χ0) is 12.0. The van der Waals surface area contributed by atoms with Gasteiger partial charge in [-0.25, -0.2) is 0 Å². The Labute approximate surface area is 99.7 Å². The molecule has 0 aliphatic rings. The van der Waals surface area contributed by atoms with Crippen LogP contribution >= 0.6 is 0 Å². The smallest absolute Gasteiger partial charge is 0.0368 e. The van der Waals surface area contributed by atoms with Crippen molar-refractivity contribution in [1.29, 1.82) is 0 Å². The van der Waals surface area contributed by atoms with Crippen molar-refractivity contribution in [2.75, 3.05) is 31.6 Å². The third-order valence-corrected chi connectivity index (χ3v) is 2.83. The van der Waals surface area contributed by atoms with Crippen molar-refractivity contribution < 1.29 is 0 Å². The highest BCUT2D eigenvalue weighted by atomic mass is 15.1. The van der Waals surface area contributed by atoms with Crippen molar-refractivity contribution in [3.05, 3.63) is 29.8 Å². The molecule has 0 saturated heterocycles. The van der Waals surface area contributed by atoms with Crippen LogP contribution in [0.15, 0.2) is 24.3 Å². The number of benzene rings is 1. The molecule has 1 N–H and O–H groups in total. The minimum Gasteiger partial charge on any atom is -0.371 e. The lowest BCUT2D eigenvalue weighted by Crippen LogP contribution is -2.32. The fourth-order valence-electron chi connectivity index (χ4n) is 2.03. The van der Waals surface area contributed by atoms with Gasteiger partial charge in [0.05, 0.1) is 0 Å². The third-order valence-electron chi connectivity index (χ3n) is 2.83. The molecule has 2 nitrogen and oxygen atoms in total. The summed E-state index contributed by atoms with van der Waals surface area (Å²) < 4.78 is 0. The molecule has 0 amide bonds. The topological polar surface area (TPSA) is 15.3 Å². The molecule has 0 saturated carbocycles. The molecule has 0 aromatic heterocycles. The molecule has 1 atom stereocenters. The first-order valence-corrected chi connectivity index (χ1v) is 6.13. The fraction of sp³-hybridized carbons (Fsp3) is 0.571. The summed E-state index contributed by atoms with van der Waals surface area (Å²) in [6, 6.07) is 8.74. The van der Waals surface area contributed by atoms with Crippen molar-refractivity contribution in [3.8, 4) is 0 Å². The molecule has 1 aromatic carbocycles. The Morgan fingerprint density at radius 1 is 1.38 bits per heavy atom. The Bertz CT molecular complexity index is 309. The Balaban J connectivity index is 2.67. The molecule has 0 aliphatic carbocycles. The second-order valence-corrected chi connectivity index (χ2v) is 4.54. The molecular formula is C14H24N2. The summed E-state index contributed by atoms with van der Waals surface area (Å²) in [7, 11) is 2.01. The van der Waals surface area contributed by atoms with Crippen molar-refractivity contribution in [2.24, 2.45) is 5.92 Å². The normalized spacial score (nSPS) is 12.5. The lowest BCUT2D eigenvalue weighted by molar-refractivity contribution is 0.533. The van der Waals surface area contributed by atoms with E-state index in [4.69, 9.17) is 0 Å². The molecule has 2 heteroatoms. The number of nitrogens with one attached hydrogen (secondary N) is 1. The summed E-state index contributed by atoms with van der Waals surface area (Å²) in [5, 5.41) is 3.23. The van der Waals surface area contributed by atoms with Crippen LogP contribution in [-0.4, -0.2) is 26.7 Å². The highest BCUT2D eigenvalue weighted by molar-refractivity contribution is 5.48. The van der Waals surface area contributed by atoms with Crippen LogP contribution in [0.2, 0.25) is 0 Å². The van der Waals surface area contributed by atoms with Gasteiger partial charge < -0.3 is 10.2 Å². The SMILES string of the molecule is CCN(CC(C)CNC)c1cccc(C)c1. The number of rotatable bonds is 6. The summed E-state index contributed by atoms with van der Waals surface area (Å²) in [5.74, 6) is 0.672. The van der Waals surface area contributed by atoms with Gasteiger partial charge in [-0.15, -0.1) is 0 Å². The second-order valence-electron chi connectivity index (χ2n) is 4.54. The van der Waals surface area contributed by atoms with E-state index in [1.165, 1.54) is 11.3 Å². The molecule has 0 fully saturated rings. The van der Waals surface area contributed by atoms with Crippen LogP contribution in [0.5, 0.6) is 0 Å². The number of aryl methyl sites for hydroxylation is 1. The fourth-order valence-corrected chi connectivity index (χ4v) is 2.03. The van der Waals surface area contributed by atoms with Gasteiger partial charge in [0.1, 0.15) is 0 Å². The monoisotopic (exact) mass is 220 g/mol. The standard InChI is InChI=1S/C14H24N2/c1-5-16(11-13(3)10-15-4)14-8-6-7-12(2)9-14/h6-9,13,15H,5,10-11H2,1-4H3. The zero-order valence-electron chi connectivity index (χ0n) is 11.0. The van der Waals surface area contributed by atoms with Gasteiger partial charge in [0.2, 0.25) is 0 Å². The maximum Gasteiger partial charge on any atom is 0.0368 e. The van der Waals surface area contributed by atoms with E-state index >= 15 is 0 Å². The summed E-state index contributed by atoms with van der Waals surface area (Å²) in [4.78, 5) is 2.44. The lowest BCUT2D eigenvalue weighted by Gasteiger charge is -2.26. The Morgan fingerprint density at radius 2 is 2.12 bits per heavy atom. The maximum absolute atomic E-state index is 3.23. The molecule has 1 rings (SSSR count). The molecule has 90 valence electrons. The van der Waals surface area contributed by atoms with Gasteiger partial charge in [0, 0.05) is 18.8 Å². The maximum atomic E-state index is 3.23. The van der Waals surface area contributed by atoms with Crippen molar-refractivity contribution in [2.45, 2.75) is 20.8 Å². The molecule has 16 heavy (non-hydrogen) atoms. The van der Waals surface area contributed by atoms with Crippen LogP contribution in [0.3, 0.4) is 0 Å². The average molecular weight is 220 g/mol. The Kier molecular flexibility index (Phi) is 5.33. The molecule has 1 unspecified atom stereocenters. The number of hydrogen-bond donors (Lipinski definition) is 1. The first-order valence-electron chi connectivity index (χ1n) is 6.13. The molecule has 0 spiro atoms. The largest absolute Gasteiger partial charge is 0.371 e. The molecule has 0 radical (unpaired) electrons. The van der Waals surface area contributed by atoms with Crippen LogP contribution in [0.4, 0.5) is 5.69 Å². The summed E-state index contributed by atoms with van der Waals surface area (Å²) in [6.07, 6.45) is 0. The van der Waals surface area contributed by atoms with Gasteiger partial charge in [-0.1, -0.05) is 19.1 Å². The van der Waals surface area contributed by atoms with Gasteiger partial charge in [-0.05, 0) is 51.1 Å². The van der Waals surface area contributed by atoms with E-state index in [-0.39, 0.29) is 0 Å². The third kappa shape index (κ3) is 3.86. The number of nitrogens with zero attached hydrogens (tertiary/aromatic N) is 1. The minimum atomic E-state index is 0.672. The number of hydrogen-bond acceptors (Lipinski definition) is 2. The van der Waals surface area contributed by atoms with Crippen LogP contribution in [-0.2, 0) is 0 Å². The van der Waals surface area contributed by atoms with Crippen molar-refractivity contribution in [1.82, 2.24) is 5.32 Å². The molecule has 0 aliphatic heterocycles. The highest BCUT2D eigenvalue weighted by Gasteiger charge is 2.08. The van der Waals surface area contributed by atoms with Crippen LogP contribution < -0.4 is 10.2 Å². The minimum absolute atomic E-state index is 0.672. The lowest BCUT2D eigenvalue weighted by atomic mass is 10.1. The Morgan fingerprint density at radius 3 is 2.69 bits per heavy atom. The van der Waals surface area contributed by atoms with E-state index in [0.717, 1.165) is 19.6 Å². The summed E-state index contributed by atoms with van der Waals surface area (Å²) >= 11 is 0. The van der Waals surface area contributed by atoms with E-state index in [2.05, 4.69) is 55.3 Å². The molecule has 0 heterocycles. The predicted octanol–water partition coefficient (Wildman–Crippen LogP) is 2.68. The first-order chi connectivity index (χ1) is 7.67.